The van der Waals surface area contributed by atoms with Gasteiger partial charge in [0.05, 0.1) is 4.90 Å². The van der Waals surface area contributed by atoms with Gasteiger partial charge in [0.2, 0.25) is 5.95 Å². The molecule has 30 heavy (non-hydrogen) atoms. The fourth-order valence-electron chi connectivity index (χ4n) is 2.60. The molecule has 0 radical (unpaired) electrons. The van der Waals surface area contributed by atoms with Gasteiger partial charge in [-0.2, -0.15) is 0 Å². The summed E-state index contributed by atoms with van der Waals surface area (Å²) in [5, 5.41) is 2.88. The number of sulfonamides is 1. The van der Waals surface area contributed by atoms with E-state index in [4.69, 9.17) is 0 Å². The standard InChI is InChI=1S/C21H19FN4O3S/c1-14-13-15(2)25-21(24-14)26-30(28,29)19-9-7-18(8-10-19)23-12-11-20(27)16-3-5-17(22)6-4-16/h3-13,23H,1-2H3,(H,24,25,26)/b12-11-. The second kappa shape index (κ2) is 8.83. The zero-order valence-electron chi connectivity index (χ0n) is 16.3. The molecule has 3 aromatic rings. The molecule has 154 valence electrons. The Morgan fingerprint density at radius 2 is 1.57 bits per heavy atom. The molecular formula is C21H19FN4O3S. The van der Waals surface area contributed by atoms with Crippen LogP contribution in [0.25, 0.3) is 0 Å². The van der Waals surface area contributed by atoms with E-state index in [0.717, 1.165) is 0 Å². The molecule has 0 aliphatic heterocycles. The fraction of sp³-hybridized carbons (Fsp3) is 0.0952. The van der Waals surface area contributed by atoms with Gasteiger partial charge in [0, 0.05) is 34.9 Å². The summed E-state index contributed by atoms with van der Waals surface area (Å²) in [4.78, 5) is 20.2. The number of nitrogens with zero attached hydrogens (tertiary/aromatic N) is 2. The van der Waals surface area contributed by atoms with Crippen molar-refractivity contribution in [1.29, 1.82) is 0 Å². The van der Waals surface area contributed by atoms with Gasteiger partial charge in [0.25, 0.3) is 10.0 Å². The molecule has 0 saturated heterocycles. The van der Waals surface area contributed by atoms with Gasteiger partial charge in [-0.15, -0.1) is 0 Å². The Labute approximate surface area is 173 Å². The Hall–Kier alpha value is -3.59. The van der Waals surface area contributed by atoms with E-state index in [-0.39, 0.29) is 16.6 Å². The van der Waals surface area contributed by atoms with E-state index in [1.54, 1.807) is 32.0 Å². The quantitative estimate of drug-likeness (QED) is 0.440. The highest BCUT2D eigenvalue weighted by Gasteiger charge is 2.16. The summed E-state index contributed by atoms with van der Waals surface area (Å²) in [5.41, 5.74) is 2.25. The summed E-state index contributed by atoms with van der Waals surface area (Å²) in [5.74, 6) is -0.696. The number of allylic oxidation sites excluding steroid dienone is 1. The maximum Gasteiger partial charge on any atom is 0.264 e. The van der Waals surface area contributed by atoms with Gasteiger partial charge < -0.3 is 5.32 Å². The van der Waals surface area contributed by atoms with Gasteiger partial charge in [0.1, 0.15) is 5.82 Å². The average Bonchev–Trinajstić information content (AvgIpc) is 2.67. The average molecular weight is 426 g/mol. The van der Waals surface area contributed by atoms with Gasteiger partial charge in [-0.3, -0.25) is 4.79 Å². The zero-order valence-corrected chi connectivity index (χ0v) is 17.1. The number of rotatable bonds is 7. The second-order valence-corrected chi connectivity index (χ2v) is 8.14. The molecule has 1 aromatic heterocycles. The predicted molar refractivity (Wildman–Crippen MR) is 112 cm³/mol. The van der Waals surface area contributed by atoms with Crippen molar-refractivity contribution in [3.05, 3.63) is 89.6 Å². The summed E-state index contributed by atoms with van der Waals surface area (Å²) in [6, 6.07) is 12.9. The van der Waals surface area contributed by atoms with Crippen LogP contribution in [0.5, 0.6) is 0 Å². The molecule has 0 aliphatic rings. The summed E-state index contributed by atoms with van der Waals surface area (Å²) in [7, 11) is -3.84. The van der Waals surface area contributed by atoms with Crippen molar-refractivity contribution in [3.8, 4) is 0 Å². The number of carbonyl (C=O) groups is 1. The van der Waals surface area contributed by atoms with Crippen LogP contribution in [0.2, 0.25) is 0 Å². The number of aryl methyl sites for hydroxylation is 2. The third-order valence-corrected chi connectivity index (χ3v) is 5.33. The molecule has 0 fully saturated rings. The monoisotopic (exact) mass is 426 g/mol. The molecule has 7 nitrogen and oxygen atoms in total. The van der Waals surface area contributed by atoms with Gasteiger partial charge in [-0.1, -0.05) is 0 Å². The lowest BCUT2D eigenvalue weighted by Gasteiger charge is -2.08. The SMILES string of the molecule is Cc1cc(C)nc(NS(=O)(=O)c2ccc(N/C=C\C(=O)c3ccc(F)cc3)cc2)n1. The highest BCUT2D eigenvalue weighted by molar-refractivity contribution is 7.92. The number of hydrogen-bond acceptors (Lipinski definition) is 6. The first kappa shape index (κ1) is 21.1. The number of ketones is 1. The molecule has 0 aliphatic carbocycles. The minimum Gasteiger partial charge on any atom is -0.362 e. The lowest BCUT2D eigenvalue weighted by molar-refractivity contribution is 0.104. The topological polar surface area (TPSA) is 101 Å². The normalized spacial score (nSPS) is 11.4. The Morgan fingerprint density at radius 1 is 0.967 bits per heavy atom. The highest BCUT2D eigenvalue weighted by Crippen LogP contribution is 2.17. The molecule has 3 rings (SSSR count). The Bertz CT molecular complexity index is 1170. The van der Waals surface area contributed by atoms with E-state index >= 15 is 0 Å². The number of nitrogens with one attached hydrogen (secondary N) is 2. The maximum absolute atomic E-state index is 12.9. The van der Waals surface area contributed by atoms with E-state index in [9.17, 15) is 17.6 Å². The second-order valence-electron chi connectivity index (χ2n) is 6.45. The van der Waals surface area contributed by atoms with Crippen molar-refractivity contribution < 1.29 is 17.6 Å². The van der Waals surface area contributed by atoms with Gasteiger partial charge in [-0.25, -0.2) is 27.5 Å². The Morgan fingerprint density at radius 3 is 2.17 bits per heavy atom. The van der Waals surface area contributed by atoms with Gasteiger partial charge in [-0.05, 0) is 68.4 Å². The zero-order chi connectivity index (χ0) is 21.7. The number of benzene rings is 2. The van der Waals surface area contributed by atoms with Gasteiger partial charge in [0.15, 0.2) is 5.78 Å². The van der Waals surface area contributed by atoms with Crippen LogP contribution in [-0.4, -0.2) is 24.2 Å². The molecular weight excluding hydrogens is 407 g/mol. The third-order valence-electron chi connectivity index (χ3n) is 3.99. The van der Waals surface area contributed by atoms with E-state index in [2.05, 4.69) is 20.0 Å². The first-order valence-corrected chi connectivity index (χ1v) is 10.4. The fourth-order valence-corrected chi connectivity index (χ4v) is 3.55. The molecule has 1 heterocycles. The van der Waals surface area contributed by atoms with Crippen molar-refractivity contribution in [3.63, 3.8) is 0 Å². The van der Waals surface area contributed by atoms with E-state index < -0.39 is 15.8 Å². The number of hydrogen-bond donors (Lipinski definition) is 2. The van der Waals surface area contributed by atoms with Crippen molar-refractivity contribution in [2.75, 3.05) is 10.0 Å². The summed E-state index contributed by atoms with van der Waals surface area (Å²) < 4.78 is 40.3. The van der Waals surface area contributed by atoms with E-state index in [1.165, 1.54) is 48.7 Å². The van der Waals surface area contributed by atoms with Crippen LogP contribution in [0.1, 0.15) is 21.7 Å². The number of halogens is 1. The van der Waals surface area contributed by atoms with Crippen LogP contribution in [0, 0.1) is 19.7 Å². The molecule has 0 spiro atoms. The highest BCUT2D eigenvalue weighted by atomic mass is 32.2. The lowest BCUT2D eigenvalue weighted by atomic mass is 10.1. The Kier molecular flexibility index (Phi) is 6.22. The van der Waals surface area contributed by atoms with Gasteiger partial charge >= 0.3 is 0 Å². The minimum atomic E-state index is -3.84. The van der Waals surface area contributed by atoms with Crippen LogP contribution in [0.15, 0.2) is 71.8 Å². The number of aromatic nitrogens is 2. The van der Waals surface area contributed by atoms with Crippen LogP contribution >= 0.6 is 0 Å². The van der Waals surface area contributed by atoms with Crippen LogP contribution < -0.4 is 10.0 Å². The van der Waals surface area contributed by atoms with Crippen LogP contribution in [-0.2, 0) is 10.0 Å². The summed E-state index contributed by atoms with van der Waals surface area (Å²) >= 11 is 0. The molecule has 2 aromatic carbocycles. The molecule has 0 bridgehead atoms. The van der Waals surface area contributed by atoms with Crippen molar-refractivity contribution in [2.24, 2.45) is 0 Å². The first-order valence-electron chi connectivity index (χ1n) is 8.91. The molecule has 2 N–H and O–H groups in total. The van der Waals surface area contributed by atoms with Crippen LogP contribution in [0.3, 0.4) is 0 Å². The van der Waals surface area contributed by atoms with Crippen molar-refractivity contribution in [2.45, 2.75) is 18.7 Å². The summed E-state index contributed by atoms with van der Waals surface area (Å²) in [6.07, 6.45) is 2.73. The smallest absolute Gasteiger partial charge is 0.264 e. The van der Waals surface area contributed by atoms with Crippen molar-refractivity contribution in [1.82, 2.24) is 9.97 Å². The predicted octanol–water partition coefficient (Wildman–Crippen LogP) is 3.84. The number of anilines is 2. The first-order chi connectivity index (χ1) is 14.2. The summed E-state index contributed by atoms with van der Waals surface area (Å²) in [6.45, 7) is 3.50. The third kappa shape index (κ3) is 5.48. The maximum atomic E-state index is 12.9. The molecule has 0 atom stereocenters. The minimum absolute atomic E-state index is 0.0111. The van der Waals surface area contributed by atoms with Crippen molar-refractivity contribution >= 4 is 27.4 Å². The lowest BCUT2D eigenvalue weighted by Crippen LogP contribution is -2.15. The largest absolute Gasteiger partial charge is 0.362 e. The number of carbonyl (C=O) groups excluding carboxylic acids is 1. The Balaban J connectivity index is 1.65. The van der Waals surface area contributed by atoms with E-state index in [1.807, 2.05) is 0 Å². The molecule has 0 amide bonds. The van der Waals surface area contributed by atoms with E-state index in [0.29, 0.717) is 22.6 Å². The molecule has 0 unspecified atom stereocenters. The van der Waals surface area contributed by atoms with Crippen LogP contribution in [0.4, 0.5) is 16.0 Å². The molecule has 9 heteroatoms. The molecule has 0 saturated carbocycles.